The van der Waals surface area contributed by atoms with Crippen LogP contribution in [0.15, 0.2) is 36.4 Å². The van der Waals surface area contributed by atoms with E-state index >= 15 is 0 Å². The number of hydrogen-bond donors (Lipinski definition) is 1. The average Bonchev–Trinajstić information content (AvgIpc) is 2.40. The Labute approximate surface area is 120 Å². The highest BCUT2D eigenvalue weighted by atomic mass is 35.5. The molecule has 0 saturated heterocycles. The van der Waals surface area contributed by atoms with E-state index < -0.39 is 17.7 Å². The topological polar surface area (TPSA) is 29.5 Å². The second-order valence-electron chi connectivity index (χ2n) is 4.38. The van der Waals surface area contributed by atoms with Crippen LogP contribution < -0.4 is 4.74 Å². The molecule has 2 rings (SSSR count). The van der Waals surface area contributed by atoms with Crippen LogP contribution in [-0.2, 0) is 6.61 Å². The van der Waals surface area contributed by atoms with Gasteiger partial charge in [-0.05, 0) is 43.3 Å². The Morgan fingerprint density at radius 2 is 1.95 bits per heavy atom. The molecule has 20 heavy (non-hydrogen) atoms. The van der Waals surface area contributed by atoms with Crippen LogP contribution in [0.3, 0.4) is 0 Å². The Morgan fingerprint density at radius 3 is 2.65 bits per heavy atom. The lowest BCUT2D eigenvalue weighted by Crippen LogP contribution is -2.03. The highest BCUT2D eigenvalue weighted by Crippen LogP contribution is 2.27. The first kappa shape index (κ1) is 14.8. The number of aliphatic hydroxyl groups is 1. The number of rotatable bonds is 4. The van der Waals surface area contributed by atoms with Gasteiger partial charge >= 0.3 is 0 Å². The molecule has 0 heterocycles. The quantitative estimate of drug-likeness (QED) is 0.914. The lowest BCUT2D eigenvalue weighted by atomic mass is 10.1. The van der Waals surface area contributed by atoms with Crippen molar-refractivity contribution in [3.63, 3.8) is 0 Å². The first-order chi connectivity index (χ1) is 9.47. The van der Waals surface area contributed by atoms with Gasteiger partial charge in [0, 0.05) is 16.1 Å². The first-order valence-corrected chi connectivity index (χ1v) is 6.39. The van der Waals surface area contributed by atoms with E-state index in [2.05, 4.69) is 0 Å². The molecule has 0 aromatic heterocycles. The fourth-order valence-electron chi connectivity index (χ4n) is 1.79. The van der Waals surface area contributed by atoms with Crippen molar-refractivity contribution in [3.05, 3.63) is 64.2 Å². The van der Waals surface area contributed by atoms with Gasteiger partial charge in [-0.15, -0.1) is 0 Å². The van der Waals surface area contributed by atoms with Crippen LogP contribution in [0.25, 0.3) is 0 Å². The Morgan fingerprint density at radius 1 is 1.20 bits per heavy atom. The predicted octanol–water partition coefficient (Wildman–Crippen LogP) is 4.25. The van der Waals surface area contributed by atoms with Crippen LogP contribution in [0.5, 0.6) is 5.75 Å². The summed E-state index contributed by atoms with van der Waals surface area (Å²) in [7, 11) is 0. The van der Waals surface area contributed by atoms with Crippen LogP contribution in [0.4, 0.5) is 8.78 Å². The maximum Gasteiger partial charge on any atom is 0.129 e. The van der Waals surface area contributed by atoms with E-state index in [0.717, 1.165) is 0 Å². The SMILES string of the molecule is CC(O)c1cc(F)ccc1OCc1cc(Cl)ccc1F. The van der Waals surface area contributed by atoms with Gasteiger partial charge in [0.15, 0.2) is 0 Å². The minimum absolute atomic E-state index is 0.0578. The summed E-state index contributed by atoms with van der Waals surface area (Å²) in [5.41, 5.74) is 0.603. The van der Waals surface area contributed by atoms with Crippen molar-refractivity contribution in [2.24, 2.45) is 0 Å². The molecular formula is C15H13ClF2O2. The van der Waals surface area contributed by atoms with Gasteiger partial charge in [-0.25, -0.2) is 8.78 Å². The number of halogens is 3. The summed E-state index contributed by atoms with van der Waals surface area (Å²) in [4.78, 5) is 0. The standard InChI is InChI=1S/C15H13ClF2O2/c1-9(19)13-7-12(17)3-5-15(13)20-8-10-6-11(16)2-4-14(10)18/h2-7,9,19H,8H2,1H3. The Bertz CT molecular complexity index is 615. The van der Waals surface area contributed by atoms with E-state index in [1.165, 1.54) is 43.3 Å². The van der Waals surface area contributed by atoms with Crippen molar-refractivity contribution in [1.82, 2.24) is 0 Å². The third-order valence-electron chi connectivity index (χ3n) is 2.81. The first-order valence-electron chi connectivity index (χ1n) is 6.01. The normalized spacial score (nSPS) is 12.2. The van der Waals surface area contributed by atoms with Crippen molar-refractivity contribution < 1.29 is 18.6 Å². The van der Waals surface area contributed by atoms with Crippen LogP contribution in [0.1, 0.15) is 24.2 Å². The van der Waals surface area contributed by atoms with Gasteiger partial charge < -0.3 is 9.84 Å². The molecule has 2 nitrogen and oxygen atoms in total. The van der Waals surface area contributed by atoms with Crippen molar-refractivity contribution in [3.8, 4) is 5.75 Å². The Balaban J connectivity index is 2.20. The van der Waals surface area contributed by atoms with Crippen LogP contribution in [0.2, 0.25) is 5.02 Å². The van der Waals surface area contributed by atoms with Crippen LogP contribution >= 0.6 is 11.6 Å². The second kappa shape index (κ2) is 6.20. The summed E-state index contributed by atoms with van der Waals surface area (Å²) < 4.78 is 32.1. The van der Waals surface area contributed by atoms with Crippen molar-refractivity contribution in [1.29, 1.82) is 0 Å². The van der Waals surface area contributed by atoms with Gasteiger partial charge in [-0.1, -0.05) is 11.6 Å². The molecular weight excluding hydrogens is 286 g/mol. The molecule has 0 aliphatic carbocycles. The van der Waals surface area contributed by atoms with E-state index in [0.29, 0.717) is 21.9 Å². The molecule has 0 bridgehead atoms. The highest BCUT2D eigenvalue weighted by Gasteiger charge is 2.12. The summed E-state index contributed by atoms with van der Waals surface area (Å²) in [5, 5.41) is 9.99. The second-order valence-corrected chi connectivity index (χ2v) is 4.82. The number of ether oxygens (including phenoxy) is 1. The largest absolute Gasteiger partial charge is 0.488 e. The van der Waals surface area contributed by atoms with Crippen LogP contribution in [-0.4, -0.2) is 5.11 Å². The van der Waals surface area contributed by atoms with Crippen molar-refractivity contribution in [2.45, 2.75) is 19.6 Å². The van der Waals surface area contributed by atoms with Gasteiger partial charge in [0.05, 0.1) is 6.10 Å². The lowest BCUT2D eigenvalue weighted by Gasteiger charge is -2.14. The molecule has 0 aliphatic rings. The summed E-state index contributed by atoms with van der Waals surface area (Å²) in [6.07, 6.45) is -0.884. The smallest absolute Gasteiger partial charge is 0.129 e. The molecule has 0 radical (unpaired) electrons. The molecule has 106 valence electrons. The minimum Gasteiger partial charge on any atom is -0.488 e. The van der Waals surface area contributed by atoms with E-state index in [9.17, 15) is 13.9 Å². The predicted molar refractivity (Wildman–Crippen MR) is 72.8 cm³/mol. The van der Waals surface area contributed by atoms with Crippen molar-refractivity contribution >= 4 is 11.6 Å². The zero-order valence-corrected chi connectivity index (χ0v) is 11.5. The molecule has 5 heteroatoms. The fraction of sp³-hybridized carbons (Fsp3) is 0.200. The van der Waals surface area contributed by atoms with Gasteiger partial charge in [0.1, 0.15) is 24.0 Å². The van der Waals surface area contributed by atoms with Crippen molar-refractivity contribution in [2.75, 3.05) is 0 Å². The Hall–Kier alpha value is -1.65. The van der Waals surface area contributed by atoms with Gasteiger partial charge in [0.25, 0.3) is 0 Å². The fourth-order valence-corrected chi connectivity index (χ4v) is 1.98. The molecule has 0 fully saturated rings. The van der Waals surface area contributed by atoms with E-state index in [4.69, 9.17) is 16.3 Å². The summed E-state index contributed by atoms with van der Waals surface area (Å²) in [6.45, 7) is 1.44. The third-order valence-corrected chi connectivity index (χ3v) is 3.05. The van der Waals surface area contributed by atoms with E-state index in [1.807, 2.05) is 0 Å². The molecule has 2 aromatic carbocycles. The monoisotopic (exact) mass is 298 g/mol. The average molecular weight is 299 g/mol. The van der Waals surface area contributed by atoms with E-state index in [-0.39, 0.29) is 6.61 Å². The third kappa shape index (κ3) is 3.46. The molecule has 1 unspecified atom stereocenters. The molecule has 0 amide bonds. The molecule has 0 aliphatic heterocycles. The van der Waals surface area contributed by atoms with Gasteiger partial charge in [0.2, 0.25) is 0 Å². The summed E-state index contributed by atoms with van der Waals surface area (Å²) in [6, 6.07) is 7.97. The summed E-state index contributed by atoms with van der Waals surface area (Å²) in [5.74, 6) is -0.599. The molecule has 2 aromatic rings. The lowest BCUT2D eigenvalue weighted by molar-refractivity contribution is 0.189. The number of aliphatic hydroxyl groups excluding tert-OH is 1. The maximum atomic E-state index is 13.5. The molecule has 0 saturated carbocycles. The molecule has 1 N–H and O–H groups in total. The van der Waals surface area contributed by atoms with Crippen LogP contribution in [0, 0.1) is 11.6 Å². The number of benzene rings is 2. The highest BCUT2D eigenvalue weighted by molar-refractivity contribution is 6.30. The van der Waals surface area contributed by atoms with E-state index in [1.54, 1.807) is 0 Å². The number of hydrogen-bond acceptors (Lipinski definition) is 2. The van der Waals surface area contributed by atoms with Gasteiger partial charge in [-0.3, -0.25) is 0 Å². The Kier molecular flexibility index (Phi) is 4.57. The minimum atomic E-state index is -0.884. The summed E-state index contributed by atoms with van der Waals surface area (Å²) >= 11 is 5.79. The van der Waals surface area contributed by atoms with Gasteiger partial charge in [-0.2, -0.15) is 0 Å². The zero-order chi connectivity index (χ0) is 14.7. The zero-order valence-electron chi connectivity index (χ0n) is 10.7. The molecule has 1 atom stereocenters. The maximum absolute atomic E-state index is 13.5. The molecule has 0 spiro atoms.